The molecule has 8 nitrogen and oxygen atoms in total. The number of carbonyl (C=O) groups excluding carboxylic acids is 1. The van der Waals surface area contributed by atoms with Crippen LogP contribution in [0, 0.1) is 17.0 Å². The van der Waals surface area contributed by atoms with E-state index in [-0.39, 0.29) is 49.6 Å². The van der Waals surface area contributed by atoms with Gasteiger partial charge in [0.1, 0.15) is 18.3 Å². The zero-order chi connectivity index (χ0) is 29.7. The molecule has 0 aliphatic carbocycles. The summed E-state index contributed by atoms with van der Waals surface area (Å²) in [6.45, 7) is 5.81. The van der Waals surface area contributed by atoms with Crippen LogP contribution in [0.25, 0.3) is 11.4 Å². The molecule has 0 spiro atoms. The smallest absolute Gasteiger partial charge is 0.320 e. The molecule has 3 N–H and O–H groups in total. The maximum atomic E-state index is 14.9. The molecular weight excluding hydrogens is 533 g/mol. The molecule has 1 fully saturated rings. The van der Waals surface area contributed by atoms with Crippen LogP contribution in [0.3, 0.4) is 0 Å². The Bertz CT molecular complexity index is 1310. The number of rotatable bonds is 10. The highest BCUT2D eigenvalue weighted by atomic mass is 19.1. The molecule has 2 heterocycles. The number of aromatic nitrogens is 3. The molecule has 222 valence electrons. The van der Waals surface area contributed by atoms with Crippen molar-refractivity contribution in [3.05, 3.63) is 71.6 Å². The van der Waals surface area contributed by atoms with Gasteiger partial charge in [-0.25, -0.2) is 27.6 Å². The number of benzene rings is 2. The summed E-state index contributed by atoms with van der Waals surface area (Å²) in [4.78, 5) is 22.2. The summed E-state index contributed by atoms with van der Waals surface area (Å²) in [6, 6.07) is 10.5. The number of likely N-dealkylation sites (tertiary alicyclic amines) is 1. The number of nitrogens with zero attached hydrogens (tertiary/aromatic N) is 5. The lowest BCUT2D eigenvalue weighted by molar-refractivity contribution is 0.0704. The topological polar surface area (TPSA) is 101 Å². The number of aliphatic hydroxyl groups excluding tert-OH is 1. The molecular formula is C30H39F3N6O2. The molecule has 1 saturated heterocycles. The van der Waals surface area contributed by atoms with Gasteiger partial charge in [0, 0.05) is 19.1 Å². The average molecular weight is 573 g/mol. The fourth-order valence-corrected chi connectivity index (χ4v) is 5.37. The molecule has 0 radical (unpaired) electrons. The molecule has 11 heteroatoms. The van der Waals surface area contributed by atoms with E-state index in [1.165, 1.54) is 0 Å². The number of amides is 2. The quantitative estimate of drug-likeness (QED) is 0.359. The average Bonchev–Trinajstić information content (AvgIpc) is 3.58. The van der Waals surface area contributed by atoms with Gasteiger partial charge >= 0.3 is 6.03 Å². The van der Waals surface area contributed by atoms with E-state index in [2.05, 4.69) is 5.10 Å². The number of hydrogen-bond donors (Lipinski definition) is 2. The maximum Gasteiger partial charge on any atom is 0.320 e. The summed E-state index contributed by atoms with van der Waals surface area (Å²) in [5, 5.41) is 14.6. The third-order valence-electron chi connectivity index (χ3n) is 7.44. The van der Waals surface area contributed by atoms with Gasteiger partial charge in [-0.1, -0.05) is 51.1 Å². The van der Waals surface area contributed by atoms with E-state index in [1.54, 1.807) is 14.5 Å². The molecule has 0 unspecified atom stereocenters. The molecule has 1 aliphatic rings. The molecule has 0 bridgehead atoms. The van der Waals surface area contributed by atoms with Crippen molar-refractivity contribution in [1.29, 1.82) is 0 Å². The number of carbonyl (C=O) groups is 1. The Hall–Kier alpha value is -3.44. The first-order valence-electron chi connectivity index (χ1n) is 14.0. The van der Waals surface area contributed by atoms with Gasteiger partial charge in [0.2, 0.25) is 0 Å². The summed E-state index contributed by atoms with van der Waals surface area (Å²) in [5.41, 5.74) is 6.12. The van der Waals surface area contributed by atoms with Gasteiger partial charge in [-0.15, -0.1) is 0 Å². The minimum atomic E-state index is -0.766. The number of aliphatic hydroxyl groups is 1. The van der Waals surface area contributed by atoms with E-state index in [0.29, 0.717) is 18.8 Å². The van der Waals surface area contributed by atoms with E-state index in [0.717, 1.165) is 30.2 Å². The van der Waals surface area contributed by atoms with E-state index in [9.17, 15) is 23.1 Å². The van der Waals surface area contributed by atoms with Crippen LogP contribution < -0.4 is 5.73 Å². The molecule has 2 amide bonds. The van der Waals surface area contributed by atoms with Crippen molar-refractivity contribution < 1.29 is 23.1 Å². The SMILES string of the molecule is CC(C)(C)[C@H](c1nc(-c2cc(F)ccc2F)nn1Cc1ccccc1)N(CC[C@H](N)CF)C(=O)N1CCC[C@@H]1CO. The third-order valence-corrected chi connectivity index (χ3v) is 7.44. The van der Waals surface area contributed by atoms with Crippen molar-refractivity contribution in [2.45, 2.75) is 64.7 Å². The zero-order valence-corrected chi connectivity index (χ0v) is 23.8. The van der Waals surface area contributed by atoms with Crippen LogP contribution in [0.4, 0.5) is 18.0 Å². The summed E-state index contributed by atoms with van der Waals surface area (Å²) in [7, 11) is 0. The van der Waals surface area contributed by atoms with E-state index >= 15 is 0 Å². The van der Waals surface area contributed by atoms with Crippen LogP contribution in [0.15, 0.2) is 48.5 Å². The number of urea groups is 1. The monoisotopic (exact) mass is 572 g/mol. The standard InChI is InChI=1S/C30H39F3N6O2/c1-30(2,3)26(38(15-13-22(34)17-31)29(41)37-14-7-10-23(37)19-40)28-35-27(24-16-21(32)11-12-25(24)33)36-39(28)18-20-8-5-4-6-9-20/h4-6,8-9,11-12,16,22-23,26,40H,7,10,13-15,17-19,34H2,1-3H3/t22-,23+,26-/m0/s1. The Kier molecular flexibility index (Phi) is 9.70. The van der Waals surface area contributed by atoms with Gasteiger partial charge in [-0.2, -0.15) is 5.10 Å². The zero-order valence-electron chi connectivity index (χ0n) is 23.8. The van der Waals surface area contributed by atoms with Gasteiger partial charge in [0.25, 0.3) is 0 Å². The highest BCUT2D eigenvalue weighted by molar-refractivity contribution is 5.76. The van der Waals surface area contributed by atoms with Crippen LogP contribution >= 0.6 is 0 Å². The van der Waals surface area contributed by atoms with Gasteiger partial charge in [0.05, 0.1) is 30.8 Å². The Labute approximate surface area is 239 Å². The maximum absolute atomic E-state index is 14.9. The summed E-state index contributed by atoms with van der Waals surface area (Å²) in [6.07, 6.45) is 1.63. The number of hydrogen-bond acceptors (Lipinski definition) is 5. The third kappa shape index (κ3) is 7.08. The van der Waals surface area contributed by atoms with Crippen molar-refractivity contribution in [2.24, 2.45) is 11.1 Å². The molecule has 3 aromatic rings. The van der Waals surface area contributed by atoms with Gasteiger partial charge in [0.15, 0.2) is 11.6 Å². The van der Waals surface area contributed by atoms with Crippen molar-refractivity contribution in [3.8, 4) is 11.4 Å². The predicted molar refractivity (Wildman–Crippen MR) is 151 cm³/mol. The first-order valence-corrected chi connectivity index (χ1v) is 14.0. The Morgan fingerprint density at radius 2 is 1.93 bits per heavy atom. The van der Waals surface area contributed by atoms with Crippen molar-refractivity contribution in [3.63, 3.8) is 0 Å². The van der Waals surface area contributed by atoms with E-state index in [4.69, 9.17) is 10.7 Å². The van der Waals surface area contributed by atoms with E-state index in [1.807, 2.05) is 51.1 Å². The first-order chi connectivity index (χ1) is 19.5. The molecule has 41 heavy (non-hydrogen) atoms. The molecule has 2 aromatic carbocycles. The van der Waals surface area contributed by atoms with Crippen LogP contribution in [0.1, 0.15) is 57.5 Å². The second kappa shape index (κ2) is 13.0. The summed E-state index contributed by atoms with van der Waals surface area (Å²) in [5.74, 6) is -0.936. The minimum absolute atomic E-state index is 0.00977. The number of halogens is 3. The lowest BCUT2D eigenvalue weighted by Gasteiger charge is -2.42. The molecule has 3 atom stereocenters. The molecule has 1 aromatic heterocycles. The minimum Gasteiger partial charge on any atom is -0.394 e. The second-order valence-corrected chi connectivity index (χ2v) is 11.7. The highest BCUT2D eigenvalue weighted by Gasteiger charge is 2.42. The fraction of sp³-hybridized carbons (Fsp3) is 0.500. The Morgan fingerprint density at radius 3 is 2.59 bits per heavy atom. The van der Waals surface area contributed by atoms with Gasteiger partial charge < -0.3 is 20.6 Å². The van der Waals surface area contributed by atoms with Crippen LogP contribution in [0.2, 0.25) is 0 Å². The summed E-state index contributed by atoms with van der Waals surface area (Å²) >= 11 is 0. The number of nitrogens with two attached hydrogens (primary N) is 1. The van der Waals surface area contributed by atoms with Crippen LogP contribution in [-0.4, -0.2) is 74.2 Å². The van der Waals surface area contributed by atoms with E-state index < -0.39 is 35.8 Å². The van der Waals surface area contributed by atoms with Crippen LogP contribution in [0.5, 0.6) is 0 Å². The highest BCUT2D eigenvalue weighted by Crippen LogP contribution is 2.40. The lowest BCUT2D eigenvalue weighted by Crippen LogP contribution is -2.52. The lowest BCUT2D eigenvalue weighted by atomic mass is 9.84. The molecule has 4 rings (SSSR count). The largest absolute Gasteiger partial charge is 0.394 e. The Balaban J connectivity index is 1.87. The summed E-state index contributed by atoms with van der Waals surface area (Å²) < 4.78 is 44.1. The van der Waals surface area contributed by atoms with Gasteiger partial charge in [-0.3, -0.25) is 0 Å². The molecule has 0 saturated carbocycles. The normalized spacial score (nSPS) is 17.1. The van der Waals surface area contributed by atoms with Gasteiger partial charge in [-0.05, 0) is 48.4 Å². The van der Waals surface area contributed by atoms with Crippen molar-refractivity contribution in [1.82, 2.24) is 24.6 Å². The van der Waals surface area contributed by atoms with Crippen molar-refractivity contribution in [2.75, 3.05) is 26.4 Å². The molecule has 1 aliphatic heterocycles. The predicted octanol–water partition coefficient (Wildman–Crippen LogP) is 4.92. The Morgan fingerprint density at radius 1 is 1.20 bits per heavy atom. The first kappa shape index (κ1) is 30.5. The van der Waals surface area contributed by atoms with Crippen molar-refractivity contribution >= 4 is 6.03 Å². The second-order valence-electron chi connectivity index (χ2n) is 11.7. The number of alkyl halides is 1. The fourth-order valence-electron chi connectivity index (χ4n) is 5.37. The van der Waals surface area contributed by atoms with Crippen LogP contribution in [-0.2, 0) is 6.54 Å².